The first-order valence-corrected chi connectivity index (χ1v) is 8.04. The fourth-order valence-electron chi connectivity index (χ4n) is 0.418. The highest BCUT2D eigenvalue weighted by atomic mass is 32.2. The lowest BCUT2D eigenvalue weighted by atomic mass is 10.4. The first-order valence-electron chi connectivity index (χ1n) is 3.64. The Morgan fingerprint density at radius 1 is 1.18 bits per heavy atom. The van der Waals surface area contributed by atoms with Crippen molar-refractivity contribution in [2.45, 2.75) is 38.7 Å². The Balaban J connectivity index is 4.61. The Labute approximate surface area is 81.5 Å². The molecule has 66 valence electrons. The number of hydrogen-bond acceptors (Lipinski definition) is 1. The lowest BCUT2D eigenvalue weighted by Crippen LogP contribution is -2.46. The highest BCUT2D eigenvalue weighted by molar-refractivity contribution is 8.23. The van der Waals surface area contributed by atoms with E-state index in [1.54, 1.807) is 0 Å². The molecule has 0 saturated carbocycles. The third-order valence-electron chi connectivity index (χ3n) is 2.21. The van der Waals surface area contributed by atoms with Crippen molar-refractivity contribution < 1.29 is 0 Å². The fraction of sp³-hybridized carbons (Fsp3) is 0.857. The molecule has 0 atom stereocenters. The maximum atomic E-state index is 4.39. The summed E-state index contributed by atoms with van der Waals surface area (Å²) in [7, 11) is -1.23. The Kier molecular flexibility index (Phi) is 3.73. The summed E-state index contributed by atoms with van der Waals surface area (Å²) in [5.41, 5.74) is 0. The van der Waals surface area contributed by atoms with E-state index >= 15 is 0 Å². The first-order chi connectivity index (χ1) is 4.67. The van der Waals surface area contributed by atoms with Crippen LogP contribution in [0.5, 0.6) is 0 Å². The summed E-state index contributed by atoms with van der Waals surface area (Å²) in [4.78, 5) is 4.39. The number of nitrogens with zero attached hydrogens (tertiary/aromatic N) is 1. The van der Waals surface area contributed by atoms with Crippen LogP contribution >= 0.6 is 25.3 Å². The quantitative estimate of drug-likeness (QED) is 0.299. The van der Waals surface area contributed by atoms with Gasteiger partial charge < -0.3 is 0 Å². The van der Waals surface area contributed by atoms with Gasteiger partial charge in [-0.15, -0.1) is 25.3 Å². The molecule has 0 bridgehead atoms. The molecule has 0 aromatic heterocycles. The molecule has 0 N–H and O–H groups in total. The van der Waals surface area contributed by atoms with Gasteiger partial charge in [-0.3, -0.25) is 4.99 Å². The van der Waals surface area contributed by atoms with Gasteiger partial charge in [-0.25, -0.2) is 0 Å². The minimum Gasteiger partial charge on any atom is -0.270 e. The molecule has 0 aliphatic rings. The Morgan fingerprint density at radius 3 is 1.64 bits per heavy atom. The molecule has 0 aromatic rings. The second-order valence-corrected chi connectivity index (χ2v) is 11.1. The van der Waals surface area contributed by atoms with E-state index in [-0.39, 0.29) is 5.16 Å². The Hall–Kier alpha value is 0.587. The zero-order chi connectivity index (χ0) is 9.28. The summed E-state index contributed by atoms with van der Waals surface area (Å²) in [5, 5.41) is 0.0336. The van der Waals surface area contributed by atoms with E-state index < -0.39 is 8.07 Å². The SMILES string of the molecule is CC(C)(N=C(S)S)[Si](C)(C)C. The zero-order valence-electron chi connectivity index (χ0n) is 7.84. The average molecular weight is 207 g/mol. The predicted octanol–water partition coefficient (Wildman–Crippen LogP) is 2.86. The van der Waals surface area contributed by atoms with E-state index in [1.807, 2.05) is 0 Å². The second kappa shape index (κ2) is 3.54. The van der Waals surface area contributed by atoms with Gasteiger partial charge in [0.1, 0.15) is 4.38 Å². The third-order valence-corrected chi connectivity index (χ3v) is 6.20. The number of aliphatic imine (C=N–C) groups is 1. The molecule has 0 saturated heterocycles. The van der Waals surface area contributed by atoms with Gasteiger partial charge in [0, 0.05) is 5.16 Å². The number of rotatable bonds is 2. The van der Waals surface area contributed by atoms with Crippen LogP contribution in [0.4, 0.5) is 0 Å². The monoisotopic (exact) mass is 207 g/mol. The molecule has 0 fully saturated rings. The summed E-state index contributed by atoms with van der Waals surface area (Å²) in [6, 6.07) is 0. The van der Waals surface area contributed by atoms with Crippen LogP contribution in [-0.2, 0) is 0 Å². The minimum atomic E-state index is -1.23. The Morgan fingerprint density at radius 2 is 1.55 bits per heavy atom. The van der Waals surface area contributed by atoms with Crippen LogP contribution in [0, 0.1) is 0 Å². The van der Waals surface area contributed by atoms with Gasteiger partial charge in [-0.1, -0.05) is 19.6 Å². The van der Waals surface area contributed by atoms with Gasteiger partial charge in [-0.05, 0) is 13.8 Å². The van der Waals surface area contributed by atoms with Gasteiger partial charge in [0.25, 0.3) is 0 Å². The van der Waals surface area contributed by atoms with Gasteiger partial charge in [0.2, 0.25) is 0 Å². The molecule has 0 rings (SSSR count). The van der Waals surface area contributed by atoms with Crippen LogP contribution in [0.2, 0.25) is 19.6 Å². The predicted molar refractivity (Wildman–Crippen MR) is 62.8 cm³/mol. The van der Waals surface area contributed by atoms with E-state index in [0.717, 1.165) is 0 Å². The summed E-state index contributed by atoms with van der Waals surface area (Å²) >= 11 is 8.12. The van der Waals surface area contributed by atoms with Crippen molar-refractivity contribution in [3.8, 4) is 0 Å². The van der Waals surface area contributed by atoms with Gasteiger partial charge in [0.15, 0.2) is 0 Å². The smallest absolute Gasteiger partial charge is 0.118 e. The minimum absolute atomic E-state index is 0.0336. The fourth-order valence-corrected chi connectivity index (χ4v) is 1.55. The van der Waals surface area contributed by atoms with Crippen molar-refractivity contribution in [1.82, 2.24) is 0 Å². The molecule has 0 unspecified atom stereocenters. The van der Waals surface area contributed by atoms with E-state index in [9.17, 15) is 0 Å². The standard InChI is InChI=1S/C7H17NS2Si/c1-7(2,8-6(9)10)11(3,4)5/h1-5H3,(H2,8,9,10). The molecule has 0 spiro atoms. The zero-order valence-corrected chi connectivity index (χ0v) is 10.6. The lowest BCUT2D eigenvalue weighted by molar-refractivity contribution is 0.709. The molecular weight excluding hydrogens is 190 g/mol. The van der Waals surface area contributed by atoms with Gasteiger partial charge in [-0.2, -0.15) is 0 Å². The van der Waals surface area contributed by atoms with Crippen molar-refractivity contribution in [2.24, 2.45) is 4.99 Å². The maximum Gasteiger partial charge on any atom is 0.118 e. The summed E-state index contributed by atoms with van der Waals surface area (Å²) < 4.78 is 0.581. The van der Waals surface area contributed by atoms with Crippen molar-refractivity contribution in [2.75, 3.05) is 0 Å². The normalized spacial score (nSPS) is 13.0. The first kappa shape index (κ1) is 11.6. The van der Waals surface area contributed by atoms with Crippen LogP contribution in [0.25, 0.3) is 0 Å². The topological polar surface area (TPSA) is 12.4 Å². The van der Waals surface area contributed by atoms with Crippen molar-refractivity contribution in [3.63, 3.8) is 0 Å². The number of thiol groups is 2. The van der Waals surface area contributed by atoms with Crippen molar-refractivity contribution >= 4 is 37.7 Å². The molecule has 0 radical (unpaired) electrons. The molecular formula is C7H17NS2Si. The molecule has 0 aromatic carbocycles. The highest BCUT2D eigenvalue weighted by Crippen LogP contribution is 2.24. The molecule has 0 amide bonds. The molecule has 0 aliphatic heterocycles. The lowest BCUT2D eigenvalue weighted by Gasteiger charge is -2.33. The maximum absolute atomic E-state index is 4.39. The van der Waals surface area contributed by atoms with Crippen LogP contribution in [0.3, 0.4) is 0 Å². The molecule has 11 heavy (non-hydrogen) atoms. The van der Waals surface area contributed by atoms with E-state index in [0.29, 0.717) is 4.38 Å². The van der Waals surface area contributed by atoms with Crippen molar-refractivity contribution in [3.05, 3.63) is 0 Å². The van der Waals surface area contributed by atoms with Crippen LogP contribution in [0.15, 0.2) is 4.99 Å². The number of hydrogen-bond donors (Lipinski definition) is 2. The average Bonchev–Trinajstić information content (AvgIpc) is 1.56. The van der Waals surface area contributed by atoms with Crippen LogP contribution in [0.1, 0.15) is 13.8 Å². The third kappa shape index (κ3) is 3.67. The second-order valence-electron chi connectivity index (χ2n) is 4.22. The van der Waals surface area contributed by atoms with E-state index in [4.69, 9.17) is 0 Å². The van der Waals surface area contributed by atoms with Gasteiger partial charge in [0.05, 0.1) is 8.07 Å². The summed E-state index contributed by atoms with van der Waals surface area (Å²) in [6.07, 6.45) is 0. The molecule has 4 heteroatoms. The van der Waals surface area contributed by atoms with Crippen molar-refractivity contribution in [1.29, 1.82) is 0 Å². The highest BCUT2D eigenvalue weighted by Gasteiger charge is 2.34. The van der Waals surface area contributed by atoms with E-state index in [1.165, 1.54) is 0 Å². The largest absolute Gasteiger partial charge is 0.270 e. The summed E-state index contributed by atoms with van der Waals surface area (Å²) in [6.45, 7) is 11.2. The van der Waals surface area contributed by atoms with Gasteiger partial charge >= 0.3 is 0 Å². The molecule has 1 nitrogen and oxygen atoms in total. The summed E-state index contributed by atoms with van der Waals surface area (Å²) in [5.74, 6) is 0. The van der Waals surface area contributed by atoms with E-state index in [2.05, 4.69) is 63.7 Å². The molecule has 0 heterocycles. The Bertz CT molecular complexity index is 166. The van der Waals surface area contributed by atoms with Crippen LogP contribution in [-0.4, -0.2) is 17.6 Å². The molecule has 0 aliphatic carbocycles. The van der Waals surface area contributed by atoms with Crippen LogP contribution < -0.4 is 0 Å².